The summed E-state index contributed by atoms with van der Waals surface area (Å²) in [6.07, 6.45) is 3.88. The van der Waals surface area contributed by atoms with E-state index in [-0.39, 0.29) is 17.3 Å². The number of fused-ring (bicyclic) bond motifs is 1. The molecule has 3 aromatic carbocycles. The summed E-state index contributed by atoms with van der Waals surface area (Å²) >= 11 is 5.85. The molecule has 1 heterocycles. The fraction of sp³-hybridized carbons (Fsp3) is 0.355. The predicted octanol–water partition coefficient (Wildman–Crippen LogP) is 5.26. The van der Waals surface area contributed by atoms with Crippen LogP contribution in [-0.4, -0.2) is 50.9 Å². The maximum absolute atomic E-state index is 13.0. The average molecular weight is 595 g/mol. The predicted molar refractivity (Wildman–Crippen MR) is 161 cm³/mol. The Labute approximate surface area is 246 Å². The third kappa shape index (κ3) is 6.68. The second-order valence-corrected chi connectivity index (χ2v) is 13.3. The minimum Gasteiger partial charge on any atom is -0.344 e. The van der Waals surface area contributed by atoms with Crippen LogP contribution in [0.1, 0.15) is 41.5 Å². The van der Waals surface area contributed by atoms with Crippen molar-refractivity contribution in [2.75, 3.05) is 25.0 Å². The largest absolute Gasteiger partial charge is 0.344 e. The van der Waals surface area contributed by atoms with Gasteiger partial charge in [-0.05, 0) is 111 Å². The standard InChI is InChI=1S/C31H35ClN4O4S/c1-21-17-22(2)27-5-4-16-35(3)29(37)20-36(28(27)18-21)25-10-6-23(7-11-25)19-31(14-15-31)33-30(38)34-41(39,40)26-12-8-24(32)9-13-26/h6-13,17-18H,4-5,14-16,19-20H2,1-3H3,(H2,33,34,38). The number of nitrogens with one attached hydrogen (secondary N) is 2. The van der Waals surface area contributed by atoms with Gasteiger partial charge < -0.3 is 15.1 Å². The molecule has 0 saturated heterocycles. The van der Waals surface area contributed by atoms with Crippen molar-refractivity contribution in [2.45, 2.75) is 56.4 Å². The molecule has 0 atom stereocenters. The topological polar surface area (TPSA) is 98.8 Å². The van der Waals surface area contributed by atoms with Gasteiger partial charge in [-0.1, -0.05) is 29.8 Å². The summed E-state index contributed by atoms with van der Waals surface area (Å²) in [7, 11) is -2.16. The minimum atomic E-state index is -4.02. The van der Waals surface area contributed by atoms with Crippen LogP contribution in [0.15, 0.2) is 65.6 Å². The summed E-state index contributed by atoms with van der Waals surface area (Å²) < 4.78 is 27.3. The van der Waals surface area contributed by atoms with Crippen molar-refractivity contribution in [2.24, 2.45) is 0 Å². The van der Waals surface area contributed by atoms with Gasteiger partial charge in [-0.2, -0.15) is 0 Å². The maximum atomic E-state index is 13.0. The van der Waals surface area contributed by atoms with Crippen LogP contribution in [0.3, 0.4) is 0 Å². The van der Waals surface area contributed by atoms with Crippen LogP contribution in [0.4, 0.5) is 16.2 Å². The number of anilines is 2. The zero-order valence-corrected chi connectivity index (χ0v) is 25.1. The van der Waals surface area contributed by atoms with Gasteiger partial charge in [-0.3, -0.25) is 4.79 Å². The number of hydrogen-bond donors (Lipinski definition) is 2. The molecule has 0 aromatic heterocycles. The normalized spacial score (nSPS) is 16.7. The van der Waals surface area contributed by atoms with E-state index in [2.05, 4.69) is 40.9 Å². The van der Waals surface area contributed by atoms with Crippen molar-refractivity contribution < 1.29 is 18.0 Å². The Morgan fingerprint density at radius 3 is 2.37 bits per heavy atom. The van der Waals surface area contributed by atoms with E-state index >= 15 is 0 Å². The minimum absolute atomic E-state index is 0.0333. The zero-order chi connectivity index (χ0) is 29.4. The number of aryl methyl sites for hydroxylation is 2. The average Bonchev–Trinajstić information content (AvgIpc) is 3.65. The van der Waals surface area contributed by atoms with Gasteiger partial charge >= 0.3 is 6.03 Å². The highest BCUT2D eigenvalue weighted by Crippen LogP contribution is 2.39. The highest BCUT2D eigenvalue weighted by Gasteiger charge is 2.44. The van der Waals surface area contributed by atoms with Gasteiger partial charge in [-0.25, -0.2) is 17.9 Å². The van der Waals surface area contributed by atoms with Crippen molar-refractivity contribution in [3.8, 4) is 0 Å². The highest BCUT2D eigenvalue weighted by molar-refractivity contribution is 7.90. The van der Waals surface area contributed by atoms with Gasteiger partial charge in [0.25, 0.3) is 10.0 Å². The lowest BCUT2D eigenvalue weighted by Gasteiger charge is -2.29. The van der Waals surface area contributed by atoms with Gasteiger partial charge in [0.15, 0.2) is 0 Å². The molecule has 10 heteroatoms. The second-order valence-electron chi connectivity index (χ2n) is 11.2. The third-order valence-corrected chi connectivity index (χ3v) is 9.50. The molecule has 0 radical (unpaired) electrons. The number of urea groups is 1. The van der Waals surface area contributed by atoms with Crippen molar-refractivity contribution in [1.82, 2.24) is 14.9 Å². The van der Waals surface area contributed by atoms with Gasteiger partial charge in [-0.15, -0.1) is 0 Å². The Morgan fingerprint density at radius 2 is 1.71 bits per heavy atom. The highest BCUT2D eigenvalue weighted by atomic mass is 35.5. The first-order valence-corrected chi connectivity index (χ1v) is 15.6. The lowest BCUT2D eigenvalue weighted by molar-refractivity contribution is -0.128. The summed E-state index contributed by atoms with van der Waals surface area (Å²) in [5.41, 5.74) is 6.16. The molecule has 3 aromatic rings. The number of benzene rings is 3. The SMILES string of the molecule is Cc1cc(C)c2c(c1)N(c1ccc(CC3(NC(=O)NS(=O)(=O)c4ccc(Cl)cc4)CC3)cc1)CC(=O)N(C)CCC2. The van der Waals surface area contributed by atoms with E-state index in [1.807, 2.05) is 31.3 Å². The number of carbonyl (C=O) groups excluding carboxylic acids is 2. The van der Waals surface area contributed by atoms with Crippen molar-refractivity contribution in [3.63, 3.8) is 0 Å². The fourth-order valence-corrected chi connectivity index (χ4v) is 6.51. The molecule has 1 aliphatic heterocycles. The van der Waals surface area contributed by atoms with Gasteiger partial charge in [0.1, 0.15) is 6.54 Å². The molecule has 2 N–H and O–H groups in total. The van der Waals surface area contributed by atoms with Crippen LogP contribution < -0.4 is 14.9 Å². The first-order valence-electron chi connectivity index (χ1n) is 13.8. The number of carbonyl (C=O) groups is 2. The summed E-state index contributed by atoms with van der Waals surface area (Å²) in [6.45, 7) is 5.19. The lowest BCUT2D eigenvalue weighted by atomic mass is 9.97. The van der Waals surface area contributed by atoms with Crippen LogP contribution in [0.25, 0.3) is 0 Å². The Kier molecular flexibility index (Phi) is 8.03. The molecule has 1 saturated carbocycles. The summed E-state index contributed by atoms with van der Waals surface area (Å²) in [5, 5.41) is 3.28. The van der Waals surface area contributed by atoms with Crippen LogP contribution in [-0.2, 0) is 27.7 Å². The monoisotopic (exact) mass is 594 g/mol. The second kappa shape index (κ2) is 11.4. The molecule has 216 valence electrons. The molecule has 0 bridgehead atoms. The molecule has 1 fully saturated rings. The molecule has 2 aliphatic rings. The van der Waals surface area contributed by atoms with E-state index in [1.54, 1.807) is 4.90 Å². The zero-order valence-electron chi connectivity index (χ0n) is 23.5. The van der Waals surface area contributed by atoms with Crippen LogP contribution in [0, 0.1) is 13.8 Å². The van der Waals surface area contributed by atoms with E-state index in [0.717, 1.165) is 54.7 Å². The molecule has 8 nitrogen and oxygen atoms in total. The van der Waals surface area contributed by atoms with Crippen molar-refractivity contribution >= 4 is 44.9 Å². The number of amides is 3. The molecular weight excluding hydrogens is 560 g/mol. The molecule has 5 rings (SSSR count). The van der Waals surface area contributed by atoms with Crippen molar-refractivity contribution in [3.05, 3.63) is 87.9 Å². The molecule has 41 heavy (non-hydrogen) atoms. The van der Waals surface area contributed by atoms with Gasteiger partial charge in [0, 0.05) is 35.5 Å². The molecule has 0 unspecified atom stereocenters. The first kappa shape index (κ1) is 29.0. The van der Waals surface area contributed by atoms with E-state index in [9.17, 15) is 18.0 Å². The number of sulfonamides is 1. The Morgan fingerprint density at radius 1 is 1.02 bits per heavy atom. The van der Waals surface area contributed by atoms with E-state index in [4.69, 9.17) is 11.6 Å². The number of hydrogen-bond acceptors (Lipinski definition) is 5. The lowest BCUT2D eigenvalue weighted by Crippen LogP contribution is -2.46. The van der Waals surface area contributed by atoms with E-state index < -0.39 is 21.6 Å². The molecule has 1 aliphatic carbocycles. The van der Waals surface area contributed by atoms with Crippen LogP contribution >= 0.6 is 11.6 Å². The smallest absolute Gasteiger partial charge is 0.329 e. The van der Waals surface area contributed by atoms with Crippen molar-refractivity contribution in [1.29, 1.82) is 0 Å². The van der Waals surface area contributed by atoms with Crippen LogP contribution in [0.5, 0.6) is 0 Å². The van der Waals surface area contributed by atoms with E-state index in [1.165, 1.54) is 35.4 Å². The van der Waals surface area contributed by atoms with Crippen LogP contribution in [0.2, 0.25) is 5.02 Å². The number of rotatable bonds is 6. The molecule has 3 amide bonds. The summed E-state index contributed by atoms with van der Waals surface area (Å²) in [4.78, 5) is 29.6. The molecular formula is C31H35ClN4O4S. The summed E-state index contributed by atoms with van der Waals surface area (Å²) in [6, 6.07) is 17.3. The number of halogens is 1. The third-order valence-electron chi connectivity index (χ3n) is 7.90. The Hall–Kier alpha value is -3.56. The number of nitrogens with zero attached hydrogens (tertiary/aromatic N) is 2. The van der Waals surface area contributed by atoms with E-state index in [0.29, 0.717) is 11.4 Å². The first-order chi connectivity index (χ1) is 19.4. The molecule has 0 spiro atoms. The van der Waals surface area contributed by atoms with Gasteiger partial charge in [0.2, 0.25) is 5.91 Å². The quantitative estimate of drug-likeness (QED) is 0.405. The maximum Gasteiger partial charge on any atom is 0.329 e. The Balaban J connectivity index is 1.31. The number of likely N-dealkylation sites (N-methyl/N-ethyl adjacent to an activating group) is 1. The fourth-order valence-electron chi connectivity index (χ4n) is 5.47. The summed E-state index contributed by atoms with van der Waals surface area (Å²) in [5.74, 6) is 0.0711. The van der Waals surface area contributed by atoms with Gasteiger partial charge in [0.05, 0.1) is 4.90 Å². The Bertz CT molecular complexity index is 1570.